The lowest BCUT2D eigenvalue weighted by molar-refractivity contribution is -0.116. The van der Waals surface area contributed by atoms with Gasteiger partial charge in [0.25, 0.3) is 0 Å². The summed E-state index contributed by atoms with van der Waals surface area (Å²) in [6.07, 6.45) is 3.08. The number of likely N-dealkylation sites (tertiary alicyclic amines) is 1. The van der Waals surface area contributed by atoms with Gasteiger partial charge in [-0.1, -0.05) is 24.3 Å². The van der Waals surface area contributed by atoms with Gasteiger partial charge in [-0.05, 0) is 49.4 Å². The van der Waals surface area contributed by atoms with Crippen molar-refractivity contribution >= 4 is 22.9 Å². The molecule has 24 heavy (non-hydrogen) atoms. The molecule has 1 fully saturated rings. The Morgan fingerprint density at radius 1 is 1.29 bits per heavy atom. The average molecular weight is 344 g/mol. The number of hydrogen-bond acceptors (Lipinski definition) is 4. The van der Waals surface area contributed by atoms with Gasteiger partial charge in [-0.25, -0.2) is 0 Å². The maximum atomic E-state index is 12.1. The maximum Gasteiger partial charge on any atom is 0.225 e. The van der Waals surface area contributed by atoms with Gasteiger partial charge < -0.3 is 10.4 Å². The summed E-state index contributed by atoms with van der Waals surface area (Å²) < 4.78 is 0. The second kappa shape index (κ2) is 8.42. The predicted octanol–water partition coefficient (Wildman–Crippen LogP) is 3.66. The SMILES string of the molecule is O=C(CCN1CCCC1CC(O)c1cccs1)Nc1ccccc1. The van der Waals surface area contributed by atoms with E-state index in [1.165, 1.54) is 0 Å². The van der Waals surface area contributed by atoms with Crippen LogP contribution in [0.15, 0.2) is 47.8 Å². The zero-order valence-corrected chi connectivity index (χ0v) is 14.5. The molecule has 0 spiro atoms. The number of carbonyl (C=O) groups excluding carboxylic acids is 1. The van der Waals surface area contributed by atoms with Crippen molar-refractivity contribution in [2.24, 2.45) is 0 Å². The smallest absolute Gasteiger partial charge is 0.225 e. The number of hydrogen-bond donors (Lipinski definition) is 2. The first-order valence-corrected chi connectivity index (χ1v) is 9.41. The first-order chi connectivity index (χ1) is 11.7. The molecule has 2 aromatic rings. The fourth-order valence-electron chi connectivity index (χ4n) is 3.30. The molecule has 128 valence electrons. The van der Waals surface area contributed by atoms with Crippen LogP contribution < -0.4 is 5.32 Å². The van der Waals surface area contributed by atoms with Crippen molar-refractivity contribution in [3.63, 3.8) is 0 Å². The lowest BCUT2D eigenvalue weighted by Crippen LogP contribution is -2.33. The molecular weight excluding hydrogens is 320 g/mol. The Morgan fingerprint density at radius 3 is 2.88 bits per heavy atom. The first kappa shape index (κ1) is 17.1. The number of aliphatic hydroxyl groups excluding tert-OH is 1. The van der Waals surface area contributed by atoms with Crippen LogP contribution >= 0.6 is 11.3 Å². The van der Waals surface area contributed by atoms with Crippen molar-refractivity contribution in [1.82, 2.24) is 4.90 Å². The molecule has 3 rings (SSSR count). The molecule has 2 N–H and O–H groups in total. The van der Waals surface area contributed by atoms with Crippen molar-refractivity contribution in [2.75, 3.05) is 18.4 Å². The molecule has 5 heteroatoms. The van der Waals surface area contributed by atoms with Crippen LogP contribution in [0.4, 0.5) is 5.69 Å². The Labute approximate surface area is 147 Å². The minimum absolute atomic E-state index is 0.0469. The summed E-state index contributed by atoms with van der Waals surface area (Å²) in [6, 6.07) is 13.9. The fourth-order valence-corrected chi connectivity index (χ4v) is 4.03. The van der Waals surface area contributed by atoms with Crippen LogP contribution in [0.25, 0.3) is 0 Å². The second-order valence-corrected chi connectivity index (χ2v) is 7.24. The average Bonchev–Trinajstić information content (AvgIpc) is 3.26. The molecule has 1 aliphatic rings. The number of para-hydroxylation sites is 1. The predicted molar refractivity (Wildman–Crippen MR) is 98.2 cm³/mol. The highest BCUT2D eigenvalue weighted by Crippen LogP contribution is 2.29. The van der Waals surface area contributed by atoms with E-state index in [9.17, 15) is 9.90 Å². The third-order valence-corrected chi connectivity index (χ3v) is 5.52. The maximum absolute atomic E-state index is 12.1. The molecule has 2 unspecified atom stereocenters. The van der Waals surface area contributed by atoms with Crippen LogP contribution in [0.2, 0.25) is 0 Å². The van der Waals surface area contributed by atoms with Gasteiger partial charge in [-0.3, -0.25) is 9.69 Å². The number of carbonyl (C=O) groups is 1. The molecular formula is C19H24N2O2S. The molecule has 1 aromatic carbocycles. The van der Waals surface area contributed by atoms with E-state index < -0.39 is 6.10 Å². The van der Waals surface area contributed by atoms with Crippen LogP contribution in [0.3, 0.4) is 0 Å². The van der Waals surface area contributed by atoms with E-state index in [2.05, 4.69) is 10.2 Å². The summed E-state index contributed by atoms with van der Waals surface area (Å²) in [5, 5.41) is 15.3. The van der Waals surface area contributed by atoms with Crippen molar-refractivity contribution in [3.05, 3.63) is 52.7 Å². The summed E-state index contributed by atoms with van der Waals surface area (Å²) in [5.74, 6) is 0.0469. The molecule has 4 nitrogen and oxygen atoms in total. The van der Waals surface area contributed by atoms with Crippen molar-refractivity contribution < 1.29 is 9.90 Å². The lowest BCUT2D eigenvalue weighted by Gasteiger charge is -2.26. The Morgan fingerprint density at radius 2 is 2.12 bits per heavy atom. The molecule has 0 aliphatic carbocycles. The number of thiophene rings is 1. The van der Waals surface area contributed by atoms with Crippen LogP contribution in [0.5, 0.6) is 0 Å². The Kier molecular flexibility index (Phi) is 6.01. The second-order valence-electron chi connectivity index (χ2n) is 6.26. The summed E-state index contributed by atoms with van der Waals surface area (Å²) in [7, 11) is 0. The standard InChI is InChI=1S/C19H24N2O2S/c22-17(18-9-5-13-24-18)14-16-8-4-11-21(16)12-10-19(23)20-15-6-2-1-3-7-15/h1-3,5-7,9,13,16-17,22H,4,8,10-12,14H2,(H,20,23). The summed E-state index contributed by atoms with van der Waals surface area (Å²) in [6.45, 7) is 1.76. The topological polar surface area (TPSA) is 52.6 Å². The molecule has 1 saturated heterocycles. The molecule has 1 amide bonds. The monoisotopic (exact) mass is 344 g/mol. The Hall–Kier alpha value is -1.69. The highest BCUT2D eigenvalue weighted by molar-refractivity contribution is 7.10. The molecule has 0 radical (unpaired) electrons. The van der Waals surface area contributed by atoms with E-state index in [0.29, 0.717) is 12.5 Å². The largest absolute Gasteiger partial charge is 0.388 e. The van der Waals surface area contributed by atoms with E-state index >= 15 is 0 Å². The third-order valence-electron chi connectivity index (χ3n) is 4.55. The molecule has 0 saturated carbocycles. The quantitative estimate of drug-likeness (QED) is 0.806. The van der Waals surface area contributed by atoms with E-state index in [1.54, 1.807) is 11.3 Å². The van der Waals surface area contributed by atoms with Crippen LogP contribution in [-0.4, -0.2) is 35.0 Å². The van der Waals surface area contributed by atoms with Gasteiger partial charge in [0, 0.05) is 29.6 Å². The van der Waals surface area contributed by atoms with Gasteiger partial charge in [-0.2, -0.15) is 0 Å². The number of rotatable bonds is 7. The summed E-state index contributed by atoms with van der Waals surface area (Å²) >= 11 is 1.60. The van der Waals surface area contributed by atoms with E-state index in [-0.39, 0.29) is 5.91 Å². The van der Waals surface area contributed by atoms with Crippen molar-refractivity contribution in [2.45, 2.75) is 37.8 Å². The molecule has 2 atom stereocenters. The highest BCUT2D eigenvalue weighted by atomic mass is 32.1. The fraction of sp³-hybridized carbons (Fsp3) is 0.421. The van der Waals surface area contributed by atoms with Gasteiger partial charge in [0.2, 0.25) is 5.91 Å². The van der Waals surface area contributed by atoms with Crippen LogP contribution in [0.1, 0.15) is 36.7 Å². The number of amides is 1. The third kappa shape index (κ3) is 4.66. The zero-order valence-electron chi connectivity index (χ0n) is 13.7. The van der Waals surface area contributed by atoms with Crippen molar-refractivity contribution in [1.29, 1.82) is 0 Å². The highest BCUT2D eigenvalue weighted by Gasteiger charge is 2.27. The van der Waals surface area contributed by atoms with Gasteiger partial charge in [0.15, 0.2) is 0 Å². The molecule has 2 heterocycles. The van der Waals surface area contributed by atoms with Crippen LogP contribution in [-0.2, 0) is 4.79 Å². The summed E-state index contributed by atoms with van der Waals surface area (Å²) in [4.78, 5) is 15.5. The minimum Gasteiger partial charge on any atom is -0.388 e. The van der Waals surface area contributed by atoms with E-state index in [4.69, 9.17) is 0 Å². The molecule has 0 bridgehead atoms. The zero-order chi connectivity index (χ0) is 16.8. The van der Waals surface area contributed by atoms with Gasteiger partial charge >= 0.3 is 0 Å². The number of benzene rings is 1. The van der Waals surface area contributed by atoms with Gasteiger partial charge in [-0.15, -0.1) is 11.3 Å². The molecule has 1 aliphatic heterocycles. The number of nitrogens with one attached hydrogen (secondary N) is 1. The Balaban J connectivity index is 1.46. The lowest BCUT2D eigenvalue weighted by atomic mass is 10.1. The van der Waals surface area contributed by atoms with E-state index in [1.807, 2.05) is 47.8 Å². The number of nitrogens with zero attached hydrogens (tertiary/aromatic N) is 1. The first-order valence-electron chi connectivity index (χ1n) is 8.53. The normalized spacial score (nSPS) is 19.3. The number of anilines is 1. The number of aliphatic hydroxyl groups is 1. The van der Waals surface area contributed by atoms with Crippen molar-refractivity contribution in [3.8, 4) is 0 Å². The van der Waals surface area contributed by atoms with Crippen LogP contribution in [0, 0.1) is 0 Å². The van der Waals surface area contributed by atoms with E-state index in [0.717, 1.165) is 42.9 Å². The Bertz CT molecular complexity index is 630. The summed E-state index contributed by atoms with van der Waals surface area (Å²) in [5.41, 5.74) is 0.841. The minimum atomic E-state index is -0.395. The molecule has 1 aromatic heterocycles. The van der Waals surface area contributed by atoms with Gasteiger partial charge in [0.05, 0.1) is 6.10 Å². The van der Waals surface area contributed by atoms with Gasteiger partial charge in [0.1, 0.15) is 0 Å².